The van der Waals surface area contributed by atoms with Crippen LogP contribution in [0.15, 0.2) is 132 Å². The molecule has 0 saturated heterocycles. The lowest BCUT2D eigenvalue weighted by Gasteiger charge is -2.21. The summed E-state index contributed by atoms with van der Waals surface area (Å²) in [6.07, 6.45) is 0. The van der Waals surface area contributed by atoms with Gasteiger partial charge >= 0.3 is 0 Å². The standard InChI is InChI=1S/C41H27N3O/c1-41(2)32-18-10-8-17-29(32)37-34(41)30-23-22-28-27-16-9-11-19-33(27)45-39(28)38(30)44(37)40-42-35(25-13-4-3-5-14-25)31-21-20-24-12-6-7-15-26(24)36(31)43-40/h3-23H,1-2H3. The molecular formula is C41H27N3O. The molecule has 0 aliphatic heterocycles. The van der Waals surface area contributed by atoms with Gasteiger partial charge in [0.15, 0.2) is 5.58 Å². The Morgan fingerprint density at radius 1 is 0.600 bits per heavy atom. The van der Waals surface area contributed by atoms with Gasteiger partial charge in [-0.15, -0.1) is 0 Å². The van der Waals surface area contributed by atoms with Crippen LogP contribution in [-0.2, 0) is 5.41 Å². The first kappa shape index (κ1) is 24.7. The zero-order valence-corrected chi connectivity index (χ0v) is 24.9. The highest BCUT2D eigenvalue weighted by Crippen LogP contribution is 2.55. The maximum Gasteiger partial charge on any atom is 0.235 e. The van der Waals surface area contributed by atoms with Crippen molar-refractivity contribution in [2.24, 2.45) is 0 Å². The van der Waals surface area contributed by atoms with E-state index in [-0.39, 0.29) is 5.41 Å². The van der Waals surface area contributed by atoms with Crippen LogP contribution in [0.4, 0.5) is 0 Å². The number of nitrogens with zero attached hydrogens (tertiary/aromatic N) is 3. The van der Waals surface area contributed by atoms with Crippen molar-refractivity contribution in [3.05, 3.63) is 139 Å². The fraction of sp³-hybridized carbons (Fsp3) is 0.0732. The molecular weight excluding hydrogens is 550 g/mol. The Kier molecular flexibility index (Phi) is 4.76. The normalized spacial score (nSPS) is 13.7. The summed E-state index contributed by atoms with van der Waals surface area (Å²) in [6.45, 7) is 4.66. The number of furan rings is 1. The summed E-state index contributed by atoms with van der Waals surface area (Å²) in [5.74, 6) is 0.643. The van der Waals surface area contributed by atoms with E-state index < -0.39 is 0 Å². The molecule has 0 saturated carbocycles. The predicted octanol–water partition coefficient (Wildman–Crippen LogP) is 10.6. The summed E-state index contributed by atoms with van der Waals surface area (Å²) in [4.78, 5) is 10.9. The van der Waals surface area contributed by atoms with E-state index in [1.165, 1.54) is 22.1 Å². The lowest BCUT2D eigenvalue weighted by atomic mass is 9.81. The Hall–Kier alpha value is -5.74. The van der Waals surface area contributed by atoms with Crippen LogP contribution < -0.4 is 0 Å². The highest BCUT2D eigenvalue weighted by molar-refractivity contribution is 6.17. The minimum atomic E-state index is -0.221. The third-order valence-corrected chi connectivity index (χ3v) is 9.78. The van der Waals surface area contributed by atoms with Gasteiger partial charge in [0.25, 0.3) is 0 Å². The van der Waals surface area contributed by atoms with Crippen LogP contribution >= 0.6 is 0 Å². The van der Waals surface area contributed by atoms with E-state index in [0.717, 1.165) is 66.1 Å². The first-order valence-corrected chi connectivity index (χ1v) is 15.4. The third kappa shape index (κ3) is 3.21. The smallest absolute Gasteiger partial charge is 0.235 e. The van der Waals surface area contributed by atoms with Gasteiger partial charge in [0.1, 0.15) is 11.1 Å². The van der Waals surface area contributed by atoms with Crippen LogP contribution in [0.3, 0.4) is 0 Å². The molecule has 0 spiro atoms. The molecule has 10 rings (SSSR count). The molecule has 0 atom stereocenters. The van der Waals surface area contributed by atoms with Gasteiger partial charge in [-0.3, -0.25) is 4.57 Å². The van der Waals surface area contributed by atoms with Gasteiger partial charge in [-0.05, 0) is 34.7 Å². The van der Waals surface area contributed by atoms with E-state index in [2.05, 4.69) is 128 Å². The van der Waals surface area contributed by atoms with Gasteiger partial charge < -0.3 is 4.42 Å². The number of aromatic nitrogens is 3. The van der Waals surface area contributed by atoms with Crippen LogP contribution in [0.25, 0.3) is 83.0 Å². The molecule has 212 valence electrons. The van der Waals surface area contributed by atoms with Gasteiger partial charge in [-0.2, -0.15) is 0 Å². The van der Waals surface area contributed by atoms with Crippen LogP contribution in [0.5, 0.6) is 0 Å². The maximum atomic E-state index is 6.72. The number of hydrogen-bond acceptors (Lipinski definition) is 3. The molecule has 1 aliphatic rings. The average Bonchev–Trinajstić information content (AvgIpc) is 3.71. The predicted molar refractivity (Wildman–Crippen MR) is 184 cm³/mol. The van der Waals surface area contributed by atoms with Crippen LogP contribution in [0.2, 0.25) is 0 Å². The number of para-hydroxylation sites is 1. The summed E-state index contributed by atoms with van der Waals surface area (Å²) >= 11 is 0. The third-order valence-electron chi connectivity index (χ3n) is 9.78. The molecule has 1 aliphatic carbocycles. The van der Waals surface area contributed by atoms with Gasteiger partial charge in [0.05, 0.1) is 16.9 Å². The second-order valence-electron chi connectivity index (χ2n) is 12.6. The van der Waals surface area contributed by atoms with Crippen molar-refractivity contribution >= 4 is 54.5 Å². The topological polar surface area (TPSA) is 43.9 Å². The SMILES string of the molecule is CC1(C)c2ccccc2-c2c1c1ccc3c4ccccc4oc3c1n2-c1nc(-c2ccccc2)c2ccc3ccccc3c2n1. The summed E-state index contributed by atoms with van der Waals surface area (Å²) in [5.41, 5.74) is 10.4. The molecule has 9 aromatic rings. The van der Waals surface area contributed by atoms with Crippen LogP contribution in [-0.4, -0.2) is 14.5 Å². The summed E-state index contributed by atoms with van der Waals surface area (Å²) in [7, 11) is 0. The Labute approximate surface area is 259 Å². The van der Waals surface area contributed by atoms with Crippen LogP contribution in [0.1, 0.15) is 25.0 Å². The van der Waals surface area contributed by atoms with Crippen molar-refractivity contribution in [3.8, 4) is 28.5 Å². The van der Waals surface area contributed by atoms with E-state index >= 15 is 0 Å². The quantitative estimate of drug-likeness (QED) is 0.192. The molecule has 0 radical (unpaired) electrons. The maximum absolute atomic E-state index is 6.72. The van der Waals surface area contributed by atoms with Crippen molar-refractivity contribution < 1.29 is 4.42 Å². The monoisotopic (exact) mass is 577 g/mol. The van der Waals surface area contributed by atoms with E-state index in [4.69, 9.17) is 14.4 Å². The molecule has 6 aromatic carbocycles. The van der Waals surface area contributed by atoms with Crippen molar-refractivity contribution in [1.29, 1.82) is 0 Å². The van der Waals surface area contributed by atoms with Gasteiger partial charge in [-0.1, -0.05) is 123 Å². The zero-order chi connectivity index (χ0) is 29.9. The summed E-state index contributed by atoms with van der Waals surface area (Å²) in [6, 6.07) is 44.8. The highest BCUT2D eigenvalue weighted by atomic mass is 16.3. The fourth-order valence-electron chi connectivity index (χ4n) is 7.77. The van der Waals surface area contributed by atoms with Gasteiger partial charge in [0.2, 0.25) is 5.95 Å². The second-order valence-corrected chi connectivity index (χ2v) is 12.6. The van der Waals surface area contributed by atoms with E-state index in [1.54, 1.807) is 0 Å². The summed E-state index contributed by atoms with van der Waals surface area (Å²) < 4.78 is 9.01. The largest absolute Gasteiger partial charge is 0.454 e. The molecule has 0 bridgehead atoms. The Bertz CT molecular complexity index is 2680. The average molecular weight is 578 g/mol. The molecule has 0 N–H and O–H groups in total. The van der Waals surface area contributed by atoms with Crippen molar-refractivity contribution in [3.63, 3.8) is 0 Å². The number of hydrogen-bond donors (Lipinski definition) is 0. The van der Waals surface area contributed by atoms with Crippen molar-refractivity contribution in [2.75, 3.05) is 0 Å². The molecule has 45 heavy (non-hydrogen) atoms. The van der Waals surface area contributed by atoms with Crippen LogP contribution in [0, 0.1) is 0 Å². The fourth-order valence-corrected chi connectivity index (χ4v) is 7.77. The van der Waals surface area contributed by atoms with E-state index in [1.807, 2.05) is 18.2 Å². The summed E-state index contributed by atoms with van der Waals surface area (Å²) in [5, 5.41) is 6.67. The molecule has 4 nitrogen and oxygen atoms in total. The lowest BCUT2D eigenvalue weighted by molar-refractivity contribution is 0.666. The second kappa shape index (κ2) is 8.67. The number of fused-ring (bicyclic) bond motifs is 12. The van der Waals surface area contributed by atoms with E-state index in [0.29, 0.717) is 5.95 Å². The molecule has 0 unspecified atom stereocenters. The Morgan fingerprint density at radius 2 is 1.31 bits per heavy atom. The number of benzene rings is 6. The van der Waals surface area contributed by atoms with Gasteiger partial charge in [0, 0.05) is 43.5 Å². The first-order chi connectivity index (χ1) is 22.1. The lowest BCUT2D eigenvalue weighted by Crippen LogP contribution is -2.14. The molecule has 3 aromatic heterocycles. The molecule has 0 fully saturated rings. The van der Waals surface area contributed by atoms with E-state index in [9.17, 15) is 0 Å². The number of rotatable bonds is 2. The molecule has 4 heteroatoms. The van der Waals surface area contributed by atoms with Crippen molar-refractivity contribution in [2.45, 2.75) is 19.3 Å². The Morgan fingerprint density at radius 3 is 2.20 bits per heavy atom. The zero-order valence-electron chi connectivity index (χ0n) is 24.9. The Balaban J connectivity index is 1.44. The highest BCUT2D eigenvalue weighted by Gasteiger charge is 2.41. The minimum absolute atomic E-state index is 0.221. The minimum Gasteiger partial charge on any atom is -0.454 e. The molecule has 3 heterocycles. The molecule has 0 amide bonds. The van der Waals surface area contributed by atoms with Gasteiger partial charge in [-0.25, -0.2) is 9.97 Å². The van der Waals surface area contributed by atoms with Crippen molar-refractivity contribution in [1.82, 2.24) is 14.5 Å². The first-order valence-electron chi connectivity index (χ1n) is 15.4.